The molecule has 0 spiro atoms. The first-order valence-electron chi connectivity index (χ1n) is 5.71. The second-order valence-corrected chi connectivity index (χ2v) is 6.04. The lowest BCUT2D eigenvalue weighted by molar-refractivity contribution is -0.266. The van der Waals surface area contributed by atoms with E-state index in [2.05, 4.69) is 15.9 Å². The minimum absolute atomic E-state index is 0.489. The van der Waals surface area contributed by atoms with Crippen LogP contribution >= 0.6 is 38.5 Å². The minimum Gasteiger partial charge on any atom is -0.462 e. The topological polar surface area (TPSA) is 79.2 Å². The summed E-state index contributed by atoms with van der Waals surface area (Å²) in [4.78, 5) is 0. The zero-order chi connectivity index (χ0) is 14.0. The van der Waals surface area contributed by atoms with Crippen LogP contribution in [0.4, 0.5) is 0 Å². The monoisotopic (exact) mass is 444 g/mol. The smallest absolute Gasteiger partial charge is 0.229 e. The number of aliphatic hydroxyl groups is 3. The first-order chi connectivity index (χ1) is 9.02. The molecular formula is C12H14BrIO5. The second-order valence-electron chi connectivity index (χ2n) is 4.24. The summed E-state index contributed by atoms with van der Waals surface area (Å²) in [7, 11) is 0. The second kappa shape index (κ2) is 6.68. The van der Waals surface area contributed by atoms with Gasteiger partial charge in [-0.2, -0.15) is 0 Å². The van der Waals surface area contributed by atoms with Crippen molar-refractivity contribution >= 4 is 38.5 Å². The lowest BCUT2D eigenvalue weighted by atomic mass is 10.00. The van der Waals surface area contributed by atoms with Crippen molar-refractivity contribution in [1.82, 2.24) is 0 Å². The van der Waals surface area contributed by atoms with Gasteiger partial charge in [0.05, 0.1) is 6.10 Å². The fourth-order valence-corrected chi connectivity index (χ4v) is 2.78. The molecule has 0 radical (unpaired) electrons. The van der Waals surface area contributed by atoms with Crippen molar-refractivity contribution in [1.29, 1.82) is 0 Å². The molecule has 1 aliphatic heterocycles. The minimum atomic E-state index is -1.29. The Balaban J connectivity index is 2.08. The predicted octanol–water partition coefficient (Wildman–Crippen LogP) is 1.07. The van der Waals surface area contributed by atoms with Gasteiger partial charge in [-0.05, 0) is 24.3 Å². The van der Waals surface area contributed by atoms with Crippen molar-refractivity contribution in [2.24, 2.45) is 0 Å². The quantitative estimate of drug-likeness (QED) is 0.480. The highest BCUT2D eigenvalue weighted by Gasteiger charge is 2.44. The third-order valence-electron chi connectivity index (χ3n) is 2.89. The molecule has 0 aromatic heterocycles. The van der Waals surface area contributed by atoms with Gasteiger partial charge < -0.3 is 24.8 Å². The van der Waals surface area contributed by atoms with E-state index < -0.39 is 30.7 Å². The van der Waals surface area contributed by atoms with E-state index in [1.165, 1.54) is 0 Å². The summed E-state index contributed by atoms with van der Waals surface area (Å²) in [5.41, 5.74) is 0. The summed E-state index contributed by atoms with van der Waals surface area (Å²) in [5, 5.41) is 29.4. The first-order valence-corrected chi connectivity index (χ1v) is 8.02. The van der Waals surface area contributed by atoms with Crippen molar-refractivity contribution in [3.05, 3.63) is 28.7 Å². The van der Waals surface area contributed by atoms with Gasteiger partial charge in [0, 0.05) is 8.90 Å². The van der Waals surface area contributed by atoms with Gasteiger partial charge in [0.15, 0.2) is 0 Å². The predicted molar refractivity (Wildman–Crippen MR) is 80.3 cm³/mol. The van der Waals surface area contributed by atoms with Crippen LogP contribution in [0.2, 0.25) is 0 Å². The van der Waals surface area contributed by atoms with Crippen LogP contribution in [-0.4, -0.2) is 50.5 Å². The number of benzene rings is 1. The molecule has 7 heteroatoms. The Morgan fingerprint density at radius 2 is 1.74 bits per heavy atom. The molecule has 5 nitrogen and oxygen atoms in total. The molecule has 1 aromatic carbocycles. The molecule has 5 unspecified atom stereocenters. The number of ether oxygens (including phenoxy) is 2. The number of aliphatic hydroxyl groups excluding tert-OH is 3. The summed E-state index contributed by atoms with van der Waals surface area (Å²) in [6.45, 7) is 0. The Morgan fingerprint density at radius 1 is 1.11 bits per heavy atom. The van der Waals surface area contributed by atoms with E-state index in [4.69, 9.17) is 9.47 Å². The van der Waals surface area contributed by atoms with Crippen LogP contribution < -0.4 is 4.74 Å². The molecule has 1 aromatic rings. The van der Waals surface area contributed by atoms with Crippen LogP contribution in [0.15, 0.2) is 28.7 Å². The van der Waals surface area contributed by atoms with Crippen LogP contribution in [0.3, 0.4) is 0 Å². The van der Waals surface area contributed by atoms with Crippen molar-refractivity contribution in [2.45, 2.75) is 30.7 Å². The van der Waals surface area contributed by atoms with Gasteiger partial charge in [0.2, 0.25) is 6.29 Å². The molecule has 0 amide bonds. The molecule has 2 rings (SSSR count). The molecular weight excluding hydrogens is 431 g/mol. The summed E-state index contributed by atoms with van der Waals surface area (Å²) in [6.07, 6.45) is -5.26. The summed E-state index contributed by atoms with van der Waals surface area (Å²) < 4.78 is 12.4. The molecule has 1 fully saturated rings. The van der Waals surface area contributed by atoms with Gasteiger partial charge >= 0.3 is 0 Å². The van der Waals surface area contributed by atoms with Gasteiger partial charge in [0.25, 0.3) is 0 Å². The highest BCUT2D eigenvalue weighted by molar-refractivity contribution is 14.1. The Hall–Kier alpha value is 0.0700. The van der Waals surface area contributed by atoms with E-state index in [0.29, 0.717) is 10.2 Å². The molecule has 19 heavy (non-hydrogen) atoms. The van der Waals surface area contributed by atoms with Gasteiger partial charge in [-0.15, -0.1) is 0 Å². The molecule has 1 aliphatic rings. The van der Waals surface area contributed by atoms with Gasteiger partial charge in [-0.25, -0.2) is 0 Å². The van der Waals surface area contributed by atoms with E-state index >= 15 is 0 Å². The van der Waals surface area contributed by atoms with E-state index in [1.807, 2.05) is 22.6 Å². The summed E-state index contributed by atoms with van der Waals surface area (Å²) >= 11 is 5.36. The fraction of sp³-hybridized carbons (Fsp3) is 0.500. The van der Waals surface area contributed by atoms with Crippen molar-refractivity contribution in [3.63, 3.8) is 0 Å². The maximum atomic E-state index is 9.87. The average Bonchev–Trinajstić information content (AvgIpc) is 2.42. The Morgan fingerprint density at radius 3 is 2.32 bits per heavy atom. The van der Waals surface area contributed by atoms with E-state index in [-0.39, 0.29) is 0 Å². The van der Waals surface area contributed by atoms with Crippen molar-refractivity contribution in [2.75, 3.05) is 4.43 Å². The third-order valence-corrected chi connectivity index (χ3v) is 4.28. The van der Waals surface area contributed by atoms with Gasteiger partial charge in [-0.1, -0.05) is 38.5 Å². The number of rotatable bonds is 3. The molecule has 0 aliphatic carbocycles. The summed E-state index contributed by atoms with van der Waals surface area (Å²) in [6, 6.07) is 7.03. The first kappa shape index (κ1) is 15.5. The number of alkyl halides is 1. The van der Waals surface area contributed by atoms with Crippen molar-refractivity contribution < 1.29 is 24.8 Å². The molecule has 3 N–H and O–H groups in total. The Kier molecular flexibility index (Phi) is 5.44. The SMILES string of the molecule is OC1C(CI)OC(Oc2ccc(Br)cc2)C(O)C1O. The van der Waals surface area contributed by atoms with Crippen LogP contribution in [0.5, 0.6) is 5.75 Å². The maximum absolute atomic E-state index is 9.87. The van der Waals surface area contributed by atoms with Crippen LogP contribution in [0.25, 0.3) is 0 Å². The number of halogens is 2. The lowest BCUT2D eigenvalue weighted by Gasteiger charge is -2.39. The Bertz CT molecular complexity index is 413. The number of hydrogen-bond acceptors (Lipinski definition) is 5. The summed E-state index contributed by atoms with van der Waals surface area (Å²) in [5.74, 6) is 0.517. The molecule has 106 valence electrons. The van der Waals surface area contributed by atoms with E-state index in [1.54, 1.807) is 24.3 Å². The fourth-order valence-electron chi connectivity index (χ4n) is 1.79. The normalized spacial score (nSPS) is 35.1. The van der Waals surface area contributed by atoms with Crippen LogP contribution in [0.1, 0.15) is 0 Å². The maximum Gasteiger partial charge on any atom is 0.229 e. The molecule has 1 heterocycles. The zero-order valence-electron chi connectivity index (χ0n) is 9.82. The van der Waals surface area contributed by atoms with E-state index in [9.17, 15) is 15.3 Å². The van der Waals surface area contributed by atoms with Crippen molar-refractivity contribution in [3.8, 4) is 5.75 Å². The largest absolute Gasteiger partial charge is 0.462 e. The van der Waals surface area contributed by atoms with Gasteiger partial charge in [0.1, 0.15) is 24.1 Å². The molecule has 0 saturated carbocycles. The lowest BCUT2D eigenvalue weighted by Crippen LogP contribution is -2.59. The third kappa shape index (κ3) is 3.59. The molecule has 1 saturated heterocycles. The number of hydrogen-bond donors (Lipinski definition) is 3. The average molecular weight is 445 g/mol. The van der Waals surface area contributed by atoms with Gasteiger partial charge in [-0.3, -0.25) is 0 Å². The highest BCUT2D eigenvalue weighted by atomic mass is 127. The Labute approximate surface area is 132 Å². The molecule has 0 bridgehead atoms. The van der Waals surface area contributed by atoms with Crippen LogP contribution in [0, 0.1) is 0 Å². The zero-order valence-corrected chi connectivity index (χ0v) is 13.6. The highest BCUT2D eigenvalue weighted by Crippen LogP contribution is 2.26. The molecule has 5 atom stereocenters. The van der Waals surface area contributed by atoms with Crippen LogP contribution in [-0.2, 0) is 4.74 Å². The van der Waals surface area contributed by atoms with E-state index in [0.717, 1.165) is 4.47 Å². The standard InChI is InChI=1S/C12H14BrIO5/c13-6-1-3-7(4-2-6)18-12-11(17)10(16)9(15)8(5-14)19-12/h1-4,8-12,15-17H,5H2.